The van der Waals surface area contributed by atoms with Crippen molar-refractivity contribution in [2.45, 2.75) is 69.2 Å². The molecule has 3 fully saturated rings. The first-order valence-electron chi connectivity index (χ1n) is 9.19. The Labute approximate surface area is 140 Å². The van der Waals surface area contributed by atoms with Gasteiger partial charge in [-0.15, -0.1) is 0 Å². The predicted molar refractivity (Wildman–Crippen MR) is 84.5 cm³/mol. The summed E-state index contributed by atoms with van der Waals surface area (Å²) >= 11 is 0. The molecule has 7 nitrogen and oxygen atoms in total. The molecule has 2 aromatic rings. The molecular weight excluding hydrogens is 306 g/mol. The zero-order valence-corrected chi connectivity index (χ0v) is 14.0. The third-order valence-electron chi connectivity index (χ3n) is 5.51. The second-order valence-corrected chi connectivity index (χ2v) is 7.54. The maximum absolute atomic E-state index is 5.51. The quantitative estimate of drug-likeness (QED) is 0.833. The van der Waals surface area contributed by atoms with Crippen LogP contribution in [-0.2, 0) is 0 Å². The van der Waals surface area contributed by atoms with Gasteiger partial charge in [-0.1, -0.05) is 10.3 Å². The molecule has 2 aliphatic carbocycles. The molecule has 5 rings (SSSR count). The molecule has 1 aliphatic heterocycles. The van der Waals surface area contributed by atoms with E-state index in [4.69, 9.17) is 9.05 Å². The summed E-state index contributed by atoms with van der Waals surface area (Å²) in [7, 11) is 0. The van der Waals surface area contributed by atoms with Crippen molar-refractivity contribution in [1.29, 1.82) is 0 Å². The number of hydrogen-bond donors (Lipinski definition) is 0. The van der Waals surface area contributed by atoms with Gasteiger partial charge in [0.25, 0.3) is 0 Å². The SMILES string of the molecule is C[C@@H](c1nc(C2CC2)no1)N1CCC[C@H](c2noc(C3CC3)n2)C1. The summed E-state index contributed by atoms with van der Waals surface area (Å²) in [6, 6.07) is 0.141. The Kier molecular flexibility index (Phi) is 3.43. The molecule has 2 aromatic heterocycles. The Morgan fingerprint density at radius 1 is 0.917 bits per heavy atom. The summed E-state index contributed by atoms with van der Waals surface area (Å²) in [5, 5.41) is 8.39. The minimum absolute atomic E-state index is 0.141. The van der Waals surface area contributed by atoms with Crippen molar-refractivity contribution < 1.29 is 9.05 Å². The molecule has 0 spiro atoms. The summed E-state index contributed by atoms with van der Waals surface area (Å²) < 4.78 is 11.0. The van der Waals surface area contributed by atoms with Crippen LogP contribution in [0.1, 0.15) is 92.7 Å². The minimum atomic E-state index is 0.141. The van der Waals surface area contributed by atoms with Gasteiger partial charge in [-0.3, -0.25) is 4.90 Å². The predicted octanol–water partition coefficient (Wildman–Crippen LogP) is 3.15. The van der Waals surface area contributed by atoms with E-state index in [1.807, 2.05) is 0 Å². The fourth-order valence-corrected chi connectivity index (χ4v) is 3.56. The normalized spacial score (nSPS) is 26.6. The molecule has 0 N–H and O–H groups in total. The first kappa shape index (κ1) is 14.6. The first-order valence-corrected chi connectivity index (χ1v) is 9.19. The highest BCUT2D eigenvalue weighted by Gasteiger charge is 2.35. The van der Waals surface area contributed by atoms with Crippen molar-refractivity contribution >= 4 is 0 Å². The number of hydrogen-bond acceptors (Lipinski definition) is 7. The Morgan fingerprint density at radius 2 is 1.67 bits per heavy atom. The molecule has 3 aliphatic rings. The molecule has 0 aromatic carbocycles. The number of aromatic nitrogens is 4. The molecule has 0 bridgehead atoms. The summed E-state index contributed by atoms with van der Waals surface area (Å²) in [5.74, 6) is 4.72. The van der Waals surface area contributed by atoms with Crippen molar-refractivity contribution in [2.75, 3.05) is 13.1 Å². The smallest absolute Gasteiger partial charge is 0.243 e. The highest BCUT2D eigenvalue weighted by Crippen LogP contribution is 2.40. The zero-order chi connectivity index (χ0) is 16.1. The molecule has 2 atom stereocenters. The van der Waals surface area contributed by atoms with Gasteiger partial charge in [0.2, 0.25) is 11.8 Å². The molecule has 2 saturated carbocycles. The molecule has 0 amide bonds. The summed E-state index contributed by atoms with van der Waals surface area (Å²) in [5.41, 5.74) is 0. The zero-order valence-electron chi connectivity index (χ0n) is 14.0. The van der Waals surface area contributed by atoms with Gasteiger partial charge in [-0.05, 0) is 52.0 Å². The summed E-state index contributed by atoms with van der Waals surface area (Å²) in [6.07, 6.45) is 7.02. The molecule has 128 valence electrons. The highest BCUT2D eigenvalue weighted by molar-refractivity contribution is 5.07. The first-order chi connectivity index (χ1) is 11.8. The third-order valence-corrected chi connectivity index (χ3v) is 5.51. The maximum atomic E-state index is 5.51. The molecule has 0 radical (unpaired) electrons. The Morgan fingerprint density at radius 3 is 2.46 bits per heavy atom. The van der Waals surface area contributed by atoms with Crippen molar-refractivity contribution in [1.82, 2.24) is 25.2 Å². The van der Waals surface area contributed by atoms with Crippen LogP contribution in [0.5, 0.6) is 0 Å². The second kappa shape index (κ2) is 5.65. The van der Waals surface area contributed by atoms with E-state index >= 15 is 0 Å². The Balaban J connectivity index is 1.28. The van der Waals surface area contributed by atoms with E-state index in [1.54, 1.807) is 0 Å². The van der Waals surface area contributed by atoms with Crippen molar-refractivity contribution in [3.63, 3.8) is 0 Å². The van der Waals surface area contributed by atoms with Crippen LogP contribution < -0.4 is 0 Å². The van der Waals surface area contributed by atoms with Gasteiger partial charge in [0.05, 0.1) is 6.04 Å². The van der Waals surface area contributed by atoms with E-state index in [1.165, 1.54) is 25.7 Å². The summed E-state index contributed by atoms with van der Waals surface area (Å²) in [4.78, 5) is 11.7. The molecule has 3 heterocycles. The lowest BCUT2D eigenvalue weighted by Gasteiger charge is -2.34. The molecule has 24 heavy (non-hydrogen) atoms. The minimum Gasteiger partial charge on any atom is -0.339 e. The highest BCUT2D eigenvalue weighted by atomic mass is 16.5. The molecule has 7 heteroatoms. The maximum Gasteiger partial charge on any atom is 0.243 e. The van der Waals surface area contributed by atoms with Gasteiger partial charge in [-0.2, -0.15) is 9.97 Å². The fourth-order valence-electron chi connectivity index (χ4n) is 3.56. The number of piperidine rings is 1. The average Bonchev–Trinajstić information content (AvgIpc) is 3.55. The van der Waals surface area contributed by atoms with Crippen LogP contribution >= 0.6 is 0 Å². The summed E-state index contributed by atoms with van der Waals surface area (Å²) in [6.45, 7) is 4.12. The fraction of sp³-hybridized carbons (Fsp3) is 0.765. The molecule has 1 saturated heterocycles. The van der Waals surface area contributed by atoms with Crippen molar-refractivity contribution in [2.24, 2.45) is 0 Å². The lowest BCUT2D eigenvalue weighted by molar-refractivity contribution is 0.130. The largest absolute Gasteiger partial charge is 0.339 e. The average molecular weight is 329 g/mol. The van der Waals surface area contributed by atoms with Crippen LogP contribution in [-0.4, -0.2) is 38.3 Å². The van der Waals surface area contributed by atoms with Gasteiger partial charge in [0.15, 0.2) is 11.6 Å². The van der Waals surface area contributed by atoms with Gasteiger partial charge in [-0.25, -0.2) is 0 Å². The van der Waals surface area contributed by atoms with Gasteiger partial charge in [0, 0.05) is 24.3 Å². The van der Waals surface area contributed by atoms with Crippen LogP contribution in [0.4, 0.5) is 0 Å². The van der Waals surface area contributed by atoms with E-state index in [2.05, 4.69) is 32.1 Å². The number of likely N-dealkylation sites (tertiary alicyclic amines) is 1. The standard InChI is InChI=1S/C17H23N5O2/c1-10(16-18-14(20-23-16)11-4-5-11)22-8-2-3-13(9-22)15-19-17(24-21-15)12-6-7-12/h10-13H,2-9H2,1H3/t10-,13-/m0/s1. The van der Waals surface area contributed by atoms with Crippen LogP contribution in [0.2, 0.25) is 0 Å². The van der Waals surface area contributed by atoms with Gasteiger partial charge < -0.3 is 9.05 Å². The van der Waals surface area contributed by atoms with E-state index < -0.39 is 0 Å². The van der Waals surface area contributed by atoms with Gasteiger partial charge >= 0.3 is 0 Å². The molecular formula is C17H23N5O2. The van der Waals surface area contributed by atoms with E-state index in [-0.39, 0.29) is 6.04 Å². The van der Waals surface area contributed by atoms with Crippen LogP contribution in [0.15, 0.2) is 9.05 Å². The topological polar surface area (TPSA) is 81.1 Å². The Bertz CT molecular complexity index is 670. The van der Waals surface area contributed by atoms with Crippen LogP contribution in [0.25, 0.3) is 0 Å². The van der Waals surface area contributed by atoms with Gasteiger partial charge in [0.1, 0.15) is 0 Å². The van der Waals surface area contributed by atoms with Crippen molar-refractivity contribution in [3.8, 4) is 0 Å². The Hall–Kier alpha value is -1.76. The lowest BCUT2D eigenvalue weighted by Crippen LogP contribution is -2.36. The number of nitrogens with zero attached hydrogens (tertiary/aromatic N) is 5. The van der Waals surface area contributed by atoms with Crippen LogP contribution in [0, 0.1) is 0 Å². The lowest BCUT2D eigenvalue weighted by atomic mass is 9.96. The van der Waals surface area contributed by atoms with Crippen molar-refractivity contribution in [3.05, 3.63) is 23.4 Å². The second-order valence-electron chi connectivity index (χ2n) is 7.54. The van der Waals surface area contributed by atoms with Crippen LogP contribution in [0.3, 0.4) is 0 Å². The van der Waals surface area contributed by atoms with E-state index in [9.17, 15) is 0 Å². The van der Waals surface area contributed by atoms with E-state index in [0.717, 1.165) is 49.4 Å². The van der Waals surface area contributed by atoms with E-state index in [0.29, 0.717) is 17.8 Å². The number of rotatable bonds is 5. The third kappa shape index (κ3) is 2.75. The molecule has 0 unspecified atom stereocenters. The monoisotopic (exact) mass is 329 g/mol.